The van der Waals surface area contributed by atoms with Crippen LogP contribution in [0.4, 0.5) is 21.9 Å². The summed E-state index contributed by atoms with van der Waals surface area (Å²) in [6.45, 7) is 7.25. The Morgan fingerprint density at radius 2 is 1.74 bits per heavy atom. The molecule has 0 spiro atoms. The van der Waals surface area contributed by atoms with Crippen molar-refractivity contribution in [2.45, 2.75) is 33.3 Å². The number of carbonyl (C=O) groups is 1. The molecule has 2 aromatic carbocycles. The van der Waals surface area contributed by atoms with Gasteiger partial charge in [0.1, 0.15) is 23.2 Å². The molecule has 0 aliphatic rings. The van der Waals surface area contributed by atoms with Gasteiger partial charge in [-0.15, -0.1) is 0 Å². The normalized spacial score (nSPS) is 11.0. The van der Waals surface area contributed by atoms with Gasteiger partial charge >= 0.3 is 6.09 Å². The molecule has 2 N–H and O–H groups in total. The van der Waals surface area contributed by atoms with Crippen LogP contribution in [0, 0.1) is 18.3 Å². The van der Waals surface area contributed by atoms with E-state index in [1.54, 1.807) is 31.5 Å². The summed E-state index contributed by atoms with van der Waals surface area (Å²) in [7, 11) is 0. The number of hydrogen-bond acceptors (Lipinski definition) is 6. The fraction of sp³-hybridized carbons (Fsp3) is 0.192. The molecular weight excluding hydrogens is 430 g/mol. The summed E-state index contributed by atoms with van der Waals surface area (Å²) in [4.78, 5) is 12.3. The topological polar surface area (TPSA) is 101 Å². The van der Waals surface area contributed by atoms with E-state index in [2.05, 4.69) is 21.8 Å². The summed E-state index contributed by atoms with van der Waals surface area (Å²) in [5.74, 6) is 1.44. The van der Waals surface area contributed by atoms with Gasteiger partial charge in [0.15, 0.2) is 0 Å². The molecule has 2 heterocycles. The number of nitriles is 1. The number of rotatable bonds is 5. The average Bonchev–Trinajstić information content (AvgIpc) is 3.10. The fourth-order valence-electron chi connectivity index (χ4n) is 3.41. The lowest BCUT2D eigenvalue weighted by Crippen LogP contribution is -2.27. The van der Waals surface area contributed by atoms with Crippen LogP contribution < -0.4 is 15.4 Å². The van der Waals surface area contributed by atoms with E-state index in [-0.39, 0.29) is 0 Å². The standard InChI is InChI=1S/C26H25N5O3/c1-17-22(30-25(32)34-26(2,3)4)16-31-24(17)23(18(14-27)15-28-31)29-19-10-12-21(13-11-19)33-20-8-6-5-7-9-20/h5-13,15-16,29H,1-4H3,(H,30,32). The first-order valence-corrected chi connectivity index (χ1v) is 10.7. The maximum Gasteiger partial charge on any atom is 0.412 e. The highest BCUT2D eigenvalue weighted by Crippen LogP contribution is 2.33. The quantitative estimate of drug-likeness (QED) is 0.361. The predicted octanol–water partition coefficient (Wildman–Crippen LogP) is 6.40. The second-order valence-electron chi connectivity index (χ2n) is 8.70. The van der Waals surface area contributed by atoms with Gasteiger partial charge in [0, 0.05) is 11.3 Å². The number of aryl methyl sites for hydroxylation is 1. The Balaban J connectivity index is 1.62. The van der Waals surface area contributed by atoms with Gasteiger partial charge in [0.2, 0.25) is 0 Å². The van der Waals surface area contributed by atoms with Crippen molar-refractivity contribution in [2.75, 3.05) is 10.6 Å². The number of para-hydroxylation sites is 1. The van der Waals surface area contributed by atoms with Gasteiger partial charge in [0.25, 0.3) is 0 Å². The number of aromatic nitrogens is 2. The Morgan fingerprint density at radius 1 is 1.06 bits per heavy atom. The van der Waals surface area contributed by atoms with Crippen molar-refractivity contribution >= 4 is 28.7 Å². The van der Waals surface area contributed by atoms with Crippen molar-refractivity contribution in [3.8, 4) is 17.6 Å². The van der Waals surface area contributed by atoms with Crippen molar-refractivity contribution in [3.05, 3.63) is 78.1 Å². The van der Waals surface area contributed by atoms with E-state index in [0.29, 0.717) is 28.2 Å². The second-order valence-corrected chi connectivity index (χ2v) is 8.70. The molecule has 0 aliphatic heterocycles. The van der Waals surface area contributed by atoms with Gasteiger partial charge < -0.3 is 14.8 Å². The van der Waals surface area contributed by atoms with Crippen molar-refractivity contribution in [1.82, 2.24) is 9.61 Å². The van der Waals surface area contributed by atoms with E-state index in [1.807, 2.05) is 61.5 Å². The molecule has 0 saturated carbocycles. The van der Waals surface area contributed by atoms with Gasteiger partial charge in [-0.1, -0.05) is 18.2 Å². The largest absolute Gasteiger partial charge is 0.457 e. The van der Waals surface area contributed by atoms with Crippen LogP contribution in [-0.4, -0.2) is 21.3 Å². The Kier molecular flexibility index (Phi) is 6.11. The summed E-state index contributed by atoms with van der Waals surface area (Å²) >= 11 is 0. The van der Waals surface area contributed by atoms with Crippen LogP contribution in [0.5, 0.6) is 11.5 Å². The molecule has 34 heavy (non-hydrogen) atoms. The molecule has 0 unspecified atom stereocenters. The molecule has 172 valence electrons. The van der Waals surface area contributed by atoms with Crippen LogP contribution in [-0.2, 0) is 4.74 Å². The Labute approximate surface area is 197 Å². The maximum absolute atomic E-state index is 12.3. The number of amides is 1. The Morgan fingerprint density at radius 3 is 2.38 bits per heavy atom. The Hall–Kier alpha value is -4.51. The number of nitrogens with one attached hydrogen (secondary N) is 2. The highest BCUT2D eigenvalue weighted by molar-refractivity contribution is 5.93. The molecule has 0 fully saturated rings. The van der Waals surface area contributed by atoms with Crippen molar-refractivity contribution < 1.29 is 14.3 Å². The summed E-state index contributed by atoms with van der Waals surface area (Å²) in [6, 6.07) is 19.1. The van der Waals surface area contributed by atoms with Gasteiger partial charge in [-0.3, -0.25) is 5.32 Å². The number of hydrogen-bond donors (Lipinski definition) is 2. The van der Waals surface area contributed by atoms with Gasteiger partial charge in [0.05, 0.1) is 34.8 Å². The molecule has 1 amide bonds. The smallest absolute Gasteiger partial charge is 0.412 e. The zero-order valence-corrected chi connectivity index (χ0v) is 19.4. The van der Waals surface area contributed by atoms with Gasteiger partial charge in [-0.05, 0) is 64.1 Å². The van der Waals surface area contributed by atoms with E-state index < -0.39 is 11.7 Å². The minimum absolute atomic E-state index is 0.377. The number of benzene rings is 2. The van der Waals surface area contributed by atoms with E-state index >= 15 is 0 Å². The first kappa shape index (κ1) is 22.7. The third-order valence-electron chi connectivity index (χ3n) is 4.92. The predicted molar refractivity (Wildman–Crippen MR) is 131 cm³/mol. The Bertz CT molecular complexity index is 1360. The van der Waals surface area contributed by atoms with Crippen LogP contribution in [0.2, 0.25) is 0 Å². The SMILES string of the molecule is Cc1c(NC(=O)OC(C)(C)C)cn2ncc(C#N)c(Nc3ccc(Oc4ccccc4)cc3)c12. The minimum Gasteiger partial charge on any atom is -0.457 e. The van der Waals surface area contributed by atoms with Crippen LogP contribution in [0.15, 0.2) is 67.0 Å². The summed E-state index contributed by atoms with van der Waals surface area (Å²) < 4.78 is 12.8. The highest BCUT2D eigenvalue weighted by Gasteiger charge is 2.20. The lowest BCUT2D eigenvalue weighted by atomic mass is 10.1. The molecule has 2 aromatic heterocycles. The monoisotopic (exact) mass is 455 g/mol. The number of ether oxygens (including phenoxy) is 2. The van der Waals surface area contributed by atoms with Crippen molar-refractivity contribution in [3.63, 3.8) is 0 Å². The van der Waals surface area contributed by atoms with E-state index in [0.717, 1.165) is 17.0 Å². The van der Waals surface area contributed by atoms with E-state index in [1.165, 1.54) is 6.20 Å². The summed E-state index contributed by atoms with van der Waals surface area (Å²) in [6.07, 6.45) is 2.62. The van der Waals surface area contributed by atoms with Crippen LogP contribution >= 0.6 is 0 Å². The third kappa shape index (κ3) is 5.10. The molecule has 0 saturated heterocycles. The molecule has 0 radical (unpaired) electrons. The molecular formula is C26H25N5O3. The fourth-order valence-corrected chi connectivity index (χ4v) is 3.41. The molecule has 0 aliphatic carbocycles. The average molecular weight is 456 g/mol. The van der Waals surface area contributed by atoms with Crippen molar-refractivity contribution in [2.24, 2.45) is 0 Å². The van der Waals surface area contributed by atoms with E-state index in [9.17, 15) is 10.1 Å². The molecule has 0 atom stereocenters. The zero-order valence-electron chi connectivity index (χ0n) is 19.4. The van der Waals surface area contributed by atoms with Crippen LogP contribution in [0.3, 0.4) is 0 Å². The highest BCUT2D eigenvalue weighted by atomic mass is 16.6. The van der Waals surface area contributed by atoms with Crippen LogP contribution in [0.25, 0.3) is 5.52 Å². The molecule has 8 nitrogen and oxygen atoms in total. The van der Waals surface area contributed by atoms with E-state index in [4.69, 9.17) is 9.47 Å². The molecule has 4 aromatic rings. The molecule has 0 bridgehead atoms. The van der Waals surface area contributed by atoms with Crippen molar-refractivity contribution in [1.29, 1.82) is 5.26 Å². The number of anilines is 3. The summed E-state index contributed by atoms with van der Waals surface area (Å²) in [5.41, 5.74) is 3.09. The second kappa shape index (κ2) is 9.16. The number of nitrogens with zero attached hydrogens (tertiary/aromatic N) is 3. The lowest BCUT2D eigenvalue weighted by molar-refractivity contribution is 0.0636. The first-order chi connectivity index (χ1) is 16.2. The lowest BCUT2D eigenvalue weighted by Gasteiger charge is -2.19. The molecule has 8 heteroatoms. The van der Waals surface area contributed by atoms with Crippen LogP contribution in [0.1, 0.15) is 31.9 Å². The molecule has 4 rings (SSSR count). The first-order valence-electron chi connectivity index (χ1n) is 10.7. The third-order valence-corrected chi connectivity index (χ3v) is 4.92. The number of carbonyl (C=O) groups excluding carboxylic acids is 1. The van der Waals surface area contributed by atoms with Gasteiger partial charge in [-0.2, -0.15) is 10.4 Å². The minimum atomic E-state index is -0.619. The zero-order chi connectivity index (χ0) is 24.3. The van der Waals surface area contributed by atoms with Gasteiger partial charge in [-0.25, -0.2) is 9.31 Å². The maximum atomic E-state index is 12.3. The number of fused-ring (bicyclic) bond motifs is 1. The summed E-state index contributed by atoms with van der Waals surface area (Å²) in [5, 5.41) is 20.1.